The van der Waals surface area contributed by atoms with Crippen molar-refractivity contribution in [3.8, 4) is 0 Å². The van der Waals surface area contributed by atoms with Crippen LogP contribution in [0.2, 0.25) is 0 Å². The van der Waals surface area contributed by atoms with Gasteiger partial charge < -0.3 is 19.2 Å². The first-order chi connectivity index (χ1) is 11.0. The van der Waals surface area contributed by atoms with E-state index in [1.807, 2.05) is 26.8 Å². The van der Waals surface area contributed by atoms with Crippen LogP contribution < -0.4 is 0 Å². The average Bonchev–Trinajstić information content (AvgIpc) is 3.07. The number of carbonyl (C=O) groups excluding carboxylic acids is 1. The fraction of sp³-hybridized carbons (Fsp3) is 0.500. The molecule has 1 N–H and O–H groups in total. The molecule has 0 unspecified atom stereocenters. The van der Waals surface area contributed by atoms with Gasteiger partial charge in [0, 0.05) is 17.5 Å². The van der Waals surface area contributed by atoms with Gasteiger partial charge in [0.1, 0.15) is 5.58 Å². The van der Waals surface area contributed by atoms with Crippen molar-refractivity contribution in [2.45, 2.75) is 39.3 Å². The van der Waals surface area contributed by atoms with Crippen LogP contribution in [0.15, 0.2) is 22.8 Å². The summed E-state index contributed by atoms with van der Waals surface area (Å²) in [5.74, 6) is -0.00951. The van der Waals surface area contributed by atoms with Gasteiger partial charge in [-0.3, -0.25) is 4.79 Å². The normalized spacial score (nSPS) is 21.0. The smallest absolute Gasteiger partial charge is 0.227 e. The van der Waals surface area contributed by atoms with Crippen molar-refractivity contribution in [1.82, 2.24) is 4.90 Å². The van der Waals surface area contributed by atoms with E-state index in [-0.39, 0.29) is 18.4 Å². The predicted molar refractivity (Wildman–Crippen MR) is 87.4 cm³/mol. The molecule has 2 heterocycles. The zero-order valence-electron chi connectivity index (χ0n) is 13.8. The number of carbonyl (C=O) groups is 1. The van der Waals surface area contributed by atoms with Crippen molar-refractivity contribution in [2.24, 2.45) is 0 Å². The Morgan fingerprint density at radius 3 is 2.78 bits per heavy atom. The summed E-state index contributed by atoms with van der Waals surface area (Å²) in [6, 6.07) is 3.83. The predicted octanol–water partition coefficient (Wildman–Crippen LogP) is 2.20. The largest absolute Gasteiger partial charge is 0.464 e. The lowest BCUT2D eigenvalue weighted by atomic mass is 10.0. The molecule has 0 saturated carbocycles. The number of amides is 1. The van der Waals surface area contributed by atoms with Gasteiger partial charge in [0.15, 0.2) is 0 Å². The van der Waals surface area contributed by atoms with Gasteiger partial charge in [-0.05, 0) is 38.0 Å². The van der Waals surface area contributed by atoms with E-state index in [0.29, 0.717) is 19.8 Å². The molecule has 5 nitrogen and oxygen atoms in total. The Morgan fingerprint density at radius 2 is 2.13 bits per heavy atom. The van der Waals surface area contributed by atoms with E-state index in [2.05, 4.69) is 6.07 Å². The third-order valence-electron chi connectivity index (χ3n) is 4.52. The van der Waals surface area contributed by atoms with Crippen LogP contribution in [0.5, 0.6) is 0 Å². The molecule has 1 aromatic heterocycles. The van der Waals surface area contributed by atoms with E-state index < -0.39 is 6.10 Å². The third-order valence-corrected chi connectivity index (χ3v) is 4.52. The molecule has 0 bridgehead atoms. The zero-order chi connectivity index (χ0) is 16.6. The minimum absolute atomic E-state index is 0.00951. The molecule has 3 rings (SSSR count). The monoisotopic (exact) mass is 317 g/mol. The molecular formula is C18H23NO4. The molecule has 1 aliphatic rings. The Hall–Kier alpha value is -1.85. The number of aliphatic hydroxyl groups excluding tert-OH is 1. The molecule has 2 atom stereocenters. The lowest BCUT2D eigenvalue weighted by molar-refractivity contribution is -0.134. The summed E-state index contributed by atoms with van der Waals surface area (Å²) in [6.07, 6.45) is 1.34. The van der Waals surface area contributed by atoms with Crippen LogP contribution in [0.4, 0.5) is 0 Å². The Labute approximate surface area is 135 Å². The highest BCUT2D eigenvalue weighted by Crippen LogP contribution is 2.27. The molecule has 1 amide bonds. The molecule has 1 aliphatic heterocycles. The van der Waals surface area contributed by atoms with Crippen LogP contribution in [-0.4, -0.2) is 47.8 Å². The van der Waals surface area contributed by atoms with Gasteiger partial charge in [-0.15, -0.1) is 0 Å². The molecule has 23 heavy (non-hydrogen) atoms. The zero-order valence-corrected chi connectivity index (χ0v) is 13.8. The number of likely N-dealkylation sites (N-methyl/N-ethyl adjacent to an activating group) is 1. The van der Waals surface area contributed by atoms with Gasteiger partial charge in [0.05, 0.1) is 38.0 Å². The fourth-order valence-electron chi connectivity index (χ4n) is 3.45. The van der Waals surface area contributed by atoms with Crippen molar-refractivity contribution in [2.75, 3.05) is 19.8 Å². The minimum Gasteiger partial charge on any atom is -0.464 e. The highest BCUT2D eigenvalue weighted by atomic mass is 16.5. The van der Waals surface area contributed by atoms with E-state index >= 15 is 0 Å². The summed E-state index contributed by atoms with van der Waals surface area (Å²) < 4.78 is 10.9. The summed E-state index contributed by atoms with van der Waals surface area (Å²) in [6.45, 7) is 7.22. The molecule has 0 aliphatic carbocycles. The highest BCUT2D eigenvalue weighted by Gasteiger charge is 2.33. The second-order valence-electron chi connectivity index (χ2n) is 6.24. The molecule has 0 radical (unpaired) electrons. The van der Waals surface area contributed by atoms with Gasteiger partial charge in [0.25, 0.3) is 0 Å². The minimum atomic E-state index is -0.607. The number of rotatable bonds is 4. The van der Waals surface area contributed by atoms with Crippen LogP contribution in [0.25, 0.3) is 11.0 Å². The quantitative estimate of drug-likeness (QED) is 0.939. The molecule has 1 fully saturated rings. The Bertz CT molecular complexity index is 721. The Morgan fingerprint density at radius 1 is 1.35 bits per heavy atom. The first kappa shape index (κ1) is 16.0. The summed E-state index contributed by atoms with van der Waals surface area (Å²) >= 11 is 0. The van der Waals surface area contributed by atoms with Crippen molar-refractivity contribution in [1.29, 1.82) is 0 Å². The number of benzene rings is 1. The standard InChI is InChI=1S/C18H23NO4/c1-4-19(14-9-22-10-15(14)20)17(21)7-13-8-23-16-6-11(2)5-12(3)18(13)16/h5-6,8,14-15,20H,4,7,9-10H2,1-3H3/t14-,15-/m1/s1. The van der Waals surface area contributed by atoms with Gasteiger partial charge in [-0.1, -0.05) is 6.07 Å². The lowest BCUT2D eigenvalue weighted by Crippen LogP contribution is -2.47. The second kappa shape index (κ2) is 6.34. The number of furan rings is 1. The maximum Gasteiger partial charge on any atom is 0.227 e. The topological polar surface area (TPSA) is 62.9 Å². The summed E-state index contributed by atoms with van der Waals surface area (Å²) in [4.78, 5) is 14.4. The van der Waals surface area contributed by atoms with Crippen molar-refractivity contribution >= 4 is 16.9 Å². The summed E-state index contributed by atoms with van der Waals surface area (Å²) in [5, 5.41) is 11.0. The number of aliphatic hydroxyl groups is 1. The van der Waals surface area contributed by atoms with Crippen LogP contribution in [0.3, 0.4) is 0 Å². The van der Waals surface area contributed by atoms with Gasteiger partial charge >= 0.3 is 0 Å². The summed E-state index contributed by atoms with van der Waals surface area (Å²) in [5.41, 5.74) is 3.97. The maximum absolute atomic E-state index is 12.7. The van der Waals surface area contributed by atoms with Crippen molar-refractivity contribution in [3.05, 3.63) is 35.1 Å². The SMILES string of the molecule is CCN(C(=O)Cc1coc2cc(C)cc(C)c12)[C@@H]1COC[C@H]1O. The first-order valence-electron chi connectivity index (χ1n) is 8.03. The third kappa shape index (κ3) is 2.99. The van der Waals surface area contributed by atoms with E-state index in [1.54, 1.807) is 11.2 Å². The van der Waals surface area contributed by atoms with Gasteiger partial charge in [-0.25, -0.2) is 0 Å². The lowest BCUT2D eigenvalue weighted by Gasteiger charge is -2.28. The Balaban J connectivity index is 1.85. The molecule has 124 valence electrons. The number of hydrogen-bond donors (Lipinski definition) is 1. The highest BCUT2D eigenvalue weighted by molar-refractivity contribution is 5.90. The molecule has 1 saturated heterocycles. The summed E-state index contributed by atoms with van der Waals surface area (Å²) in [7, 11) is 0. The number of aryl methyl sites for hydroxylation is 2. The van der Waals surface area contributed by atoms with Gasteiger partial charge in [-0.2, -0.15) is 0 Å². The second-order valence-corrected chi connectivity index (χ2v) is 6.24. The Kier molecular flexibility index (Phi) is 4.41. The first-order valence-corrected chi connectivity index (χ1v) is 8.03. The van der Waals surface area contributed by atoms with E-state index in [4.69, 9.17) is 9.15 Å². The number of hydrogen-bond acceptors (Lipinski definition) is 4. The van der Waals surface area contributed by atoms with E-state index in [1.165, 1.54) is 0 Å². The van der Waals surface area contributed by atoms with Crippen LogP contribution in [0, 0.1) is 13.8 Å². The molecule has 5 heteroatoms. The molecular weight excluding hydrogens is 294 g/mol. The molecule has 0 spiro atoms. The fourth-order valence-corrected chi connectivity index (χ4v) is 3.45. The van der Waals surface area contributed by atoms with Crippen LogP contribution in [0.1, 0.15) is 23.6 Å². The molecule has 2 aromatic rings. The molecule has 1 aromatic carbocycles. The van der Waals surface area contributed by atoms with Gasteiger partial charge in [0.2, 0.25) is 5.91 Å². The van der Waals surface area contributed by atoms with Crippen molar-refractivity contribution < 1.29 is 19.1 Å². The number of nitrogens with zero attached hydrogens (tertiary/aromatic N) is 1. The van der Waals surface area contributed by atoms with Crippen molar-refractivity contribution in [3.63, 3.8) is 0 Å². The maximum atomic E-state index is 12.7. The van der Waals surface area contributed by atoms with Crippen LogP contribution in [-0.2, 0) is 16.0 Å². The van der Waals surface area contributed by atoms with E-state index in [9.17, 15) is 9.90 Å². The van der Waals surface area contributed by atoms with Crippen LogP contribution >= 0.6 is 0 Å². The number of ether oxygens (including phenoxy) is 1. The average molecular weight is 317 g/mol. The number of fused-ring (bicyclic) bond motifs is 1. The van der Waals surface area contributed by atoms with E-state index in [0.717, 1.165) is 27.7 Å².